The highest BCUT2D eigenvalue weighted by Crippen LogP contribution is 2.43. The molecule has 0 saturated carbocycles. The monoisotopic (exact) mass is 518 g/mol. The molecule has 0 radical (unpaired) electrons. The van der Waals surface area contributed by atoms with E-state index >= 15 is 0 Å². The minimum atomic E-state index is -0.769. The lowest BCUT2D eigenvalue weighted by molar-refractivity contribution is -0.679. The predicted molar refractivity (Wildman–Crippen MR) is 109 cm³/mol. The van der Waals surface area contributed by atoms with Crippen molar-refractivity contribution in [3.05, 3.63) is 90.0 Å². The van der Waals surface area contributed by atoms with Crippen LogP contribution >= 0.6 is 0 Å². The first kappa shape index (κ1) is 22.5. The van der Waals surface area contributed by atoms with Crippen LogP contribution in [0.3, 0.4) is 0 Å². The highest BCUT2D eigenvalue weighted by Gasteiger charge is 2.52. The molecule has 2 heterocycles. The van der Waals surface area contributed by atoms with Crippen LogP contribution in [0.1, 0.15) is 23.4 Å². The van der Waals surface area contributed by atoms with Crippen LogP contribution in [0.5, 0.6) is 0 Å². The third kappa shape index (κ3) is 4.16. The largest absolute Gasteiger partial charge is 1.00 e. The summed E-state index contributed by atoms with van der Waals surface area (Å²) in [5.41, 5.74) is 1.20. The van der Waals surface area contributed by atoms with Gasteiger partial charge in [0.25, 0.3) is 5.82 Å². The van der Waals surface area contributed by atoms with E-state index in [-0.39, 0.29) is 36.0 Å². The van der Waals surface area contributed by atoms with Crippen molar-refractivity contribution < 1.29 is 42.8 Å². The van der Waals surface area contributed by atoms with Gasteiger partial charge in [0.2, 0.25) is 0 Å². The van der Waals surface area contributed by atoms with Gasteiger partial charge in [-0.15, -0.1) is 0 Å². The number of nitrogens with zero attached hydrogens (tertiary/aromatic N) is 2. The molecule has 1 fully saturated rings. The SMILES string of the molecule is COCCc1n(CC2CC(c3ccccc3)(c3ccccc3)C(=O)O2)cc[n+]1C.[I-]. The molecular formula is C24H27IN2O3. The Labute approximate surface area is 194 Å². The molecule has 1 unspecified atom stereocenters. The summed E-state index contributed by atoms with van der Waals surface area (Å²) in [5, 5.41) is 0. The van der Waals surface area contributed by atoms with Crippen LogP contribution in [0, 0.1) is 0 Å². The number of halogens is 1. The standard InChI is InChI=1S/C24H27N2O3.HI/c1-25-14-15-26(22(25)13-16-28-2)18-21-17-24(23(27)29-21,19-9-5-3-6-10-19)20-11-7-4-8-12-20;/h3-12,14-15,21H,13,16-18H2,1-2H3;1H/q+1;/p-1. The second-order valence-corrected chi connectivity index (χ2v) is 7.59. The van der Waals surface area contributed by atoms with Gasteiger partial charge < -0.3 is 33.5 Å². The lowest BCUT2D eigenvalue weighted by atomic mass is 9.72. The second-order valence-electron chi connectivity index (χ2n) is 7.59. The van der Waals surface area contributed by atoms with E-state index in [9.17, 15) is 4.79 Å². The number of hydrogen-bond acceptors (Lipinski definition) is 3. The number of imidazole rings is 1. The lowest BCUT2D eigenvalue weighted by Crippen LogP contribution is -3.00. The fourth-order valence-corrected chi connectivity index (χ4v) is 4.36. The van der Waals surface area contributed by atoms with E-state index in [0.717, 1.165) is 23.4 Å². The minimum absolute atomic E-state index is 0. The van der Waals surface area contributed by atoms with Crippen molar-refractivity contribution in [3.63, 3.8) is 0 Å². The Bertz CT molecular complexity index is 933. The van der Waals surface area contributed by atoms with Gasteiger partial charge in [-0.3, -0.25) is 4.79 Å². The number of hydrogen-bond donors (Lipinski definition) is 0. The first-order valence-corrected chi connectivity index (χ1v) is 10.00. The van der Waals surface area contributed by atoms with Crippen LogP contribution < -0.4 is 28.5 Å². The molecule has 0 aliphatic carbocycles. The van der Waals surface area contributed by atoms with Gasteiger partial charge in [0.15, 0.2) is 0 Å². The number of esters is 1. The fraction of sp³-hybridized carbons (Fsp3) is 0.333. The third-order valence-corrected chi connectivity index (χ3v) is 5.83. The number of carbonyl (C=O) groups excluding carboxylic acids is 1. The number of rotatable bonds is 7. The smallest absolute Gasteiger partial charge is 0.321 e. The minimum Gasteiger partial charge on any atom is -1.00 e. The molecule has 6 heteroatoms. The van der Waals surface area contributed by atoms with Crippen molar-refractivity contribution in [2.45, 2.75) is 30.9 Å². The van der Waals surface area contributed by atoms with Crippen LogP contribution in [0.15, 0.2) is 73.1 Å². The van der Waals surface area contributed by atoms with Crippen LogP contribution in [-0.2, 0) is 39.7 Å². The van der Waals surface area contributed by atoms with E-state index in [1.54, 1.807) is 7.11 Å². The number of carbonyl (C=O) groups is 1. The van der Waals surface area contributed by atoms with Crippen molar-refractivity contribution in [3.8, 4) is 0 Å². The number of ether oxygens (including phenoxy) is 2. The molecule has 1 aliphatic rings. The Balaban J connectivity index is 0.00000256. The normalized spacial score (nSPS) is 17.4. The van der Waals surface area contributed by atoms with Crippen molar-refractivity contribution in [1.82, 2.24) is 4.57 Å². The molecule has 0 bridgehead atoms. The molecule has 0 amide bonds. The molecule has 1 aromatic heterocycles. The van der Waals surface area contributed by atoms with Gasteiger partial charge >= 0.3 is 5.97 Å². The van der Waals surface area contributed by atoms with Crippen LogP contribution in [0.2, 0.25) is 0 Å². The zero-order valence-electron chi connectivity index (χ0n) is 17.3. The highest BCUT2D eigenvalue weighted by molar-refractivity contribution is 5.89. The molecule has 158 valence electrons. The molecule has 3 aromatic rings. The number of benzene rings is 2. The Morgan fingerprint density at radius 1 is 1.10 bits per heavy atom. The van der Waals surface area contributed by atoms with Crippen molar-refractivity contribution in [2.24, 2.45) is 7.05 Å². The van der Waals surface area contributed by atoms with E-state index in [1.807, 2.05) is 80.1 Å². The zero-order chi connectivity index (χ0) is 20.3. The summed E-state index contributed by atoms with van der Waals surface area (Å²) in [4.78, 5) is 13.3. The molecule has 30 heavy (non-hydrogen) atoms. The van der Waals surface area contributed by atoms with Gasteiger partial charge in [-0.1, -0.05) is 60.7 Å². The maximum Gasteiger partial charge on any atom is 0.321 e. The summed E-state index contributed by atoms with van der Waals surface area (Å²) in [6.07, 6.45) is 5.30. The van der Waals surface area contributed by atoms with Gasteiger partial charge in [0.05, 0.1) is 20.1 Å². The lowest BCUT2D eigenvalue weighted by Gasteiger charge is -2.26. The van der Waals surface area contributed by atoms with Crippen LogP contribution in [0.4, 0.5) is 0 Å². The van der Waals surface area contributed by atoms with Gasteiger partial charge in [-0.2, -0.15) is 0 Å². The van der Waals surface area contributed by atoms with E-state index in [2.05, 4.69) is 9.13 Å². The molecule has 1 aliphatic heterocycles. The van der Waals surface area contributed by atoms with E-state index in [1.165, 1.54) is 0 Å². The third-order valence-electron chi connectivity index (χ3n) is 5.83. The van der Waals surface area contributed by atoms with E-state index in [4.69, 9.17) is 9.47 Å². The predicted octanol–water partition coefficient (Wildman–Crippen LogP) is -0.193. The Hall–Kier alpha value is -2.19. The Morgan fingerprint density at radius 3 is 2.27 bits per heavy atom. The molecule has 1 saturated heterocycles. The zero-order valence-corrected chi connectivity index (χ0v) is 19.5. The number of cyclic esters (lactones) is 1. The van der Waals surface area contributed by atoms with Crippen molar-refractivity contribution in [2.75, 3.05) is 13.7 Å². The molecule has 0 spiro atoms. The quantitative estimate of drug-likeness (QED) is 0.248. The van der Waals surface area contributed by atoms with Gasteiger partial charge in [-0.05, 0) is 11.1 Å². The molecule has 0 N–H and O–H groups in total. The number of methoxy groups -OCH3 is 1. The van der Waals surface area contributed by atoms with Gasteiger partial charge in [0.1, 0.15) is 30.5 Å². The van der Waals surface area contributed by atoms with E-state index < -0.39 is 5.41 Å². The molecular weight excluding hydrogens is 491 g/mol. The molecule has 4 rings (SSSR count). The van der Waals surface area contributed by atoms with Gasteiger partial charge in [-0.25, -0.2) is 9.13 Å². The average Bonchev–Trinajstić information content (AvgIpc) is 3.27. The maximum atomic E-state index is 13.3. The summed E-state index contributed by atoms with van der Waals surface area (Å²) < 4.78 is 15.5. The summed E-state index contributed by atoms with van der Waals surface area (Å²) in [6.45, 7) is 1.29. The van der Waals surface area contributed by atoms with Crippen molar-refractivity contribution in [1.29, 1.82) is 0 Å². The summed E-state index contributed by atoms with van der Waals surface area (Å²) in [7, 11) is 3.74. The molecule has 2 aromatic carbocycles. The van der Waals surface area contributed by atoms with Gasteiger partial charge in [0, 0.05) is 13.5 Å². The Morgan fingerprint density at radius 2 is 1.70 bits per heavy atom. The van der Waals surface area contributed by atoms with E-state index in [0.29, 0.717) is 19.6 Å². The summed E-state index contributed by atoms with van der Waals surface area (Å²) in [6, 6.07) is 20.0. The Kier molecular flexibility index (Phi) is 7.31. The number of aromatic nitrogens is 2. The topological polar surface area (TPSA) is 44.3 Å². The summed E-state index contributed by atoms with van der Waals surface area (Å²) >= 11 is 0. The van der Waals surface area contributed by atoms with Crippen molar-refractivity contribution >= 4 is 5.97 Å². The first-order chi connectivity index (χ1) is 14.1. The maximum absolute atomic E-state index is 13.3. The van der Waals surface area contributed by atoms with Crippen LogP contribution in [-0.4, -0.2) is 30.4 Å². The number of aryl methyl sites for hydroxylation is 1. The summed E-state index contributed by atoms with van der Waals surface area (Å²) in [5.74, 6) is 0.981. The fourth-order valence-electron chi connectivity index (χ4n) is 4.36. The second kappa shape index (κ2) is 9.75. The molecule has 1 atom stereocenters. The average molecular weight is 518 g/mol. The molecule has 5 nitrogen and oxygen atoms in total. The first-order valence-electron chi connectivity index (χ1n) is 10.00. The highest BCUT2D eigenvalue weighted by atomic mass is 127. The van der Waals surface area contributed by atoms with Crippen LogP contribution in [0.25, 0.3) is 0 Å².